The van der Waals surface area contributed by atoms with Crippen molar-refractivity contribution < 1.29 is 14.1 Å². The third-order valence-corrected chi connectivity index (χ3v) is 4.61. The summed E-state index contributed by atoms with van der Waals surface area (Å²) in [6.07, 6.45) is 1.20. The average Bonchev–Trinajstić information content (AvgIpc) is 3.26. The van der Waals surface area contributed by atoms with E-state index in [1.54, 1.807) is 6.07 Å². The molecule has 4 rings (SSSR count). The summed E-state index contributed by atoms with van der Waals surface area (Å²) in [7, 11) is 0. The summed E-state index contributed by atoms with van der Waals surface area (Å²) in [4.78, 5) is 12.1. The number of carbonyl (C=O) groups excluding carboxylic acids is 1. The van der Waals surface area contributed by atoms with Crippen molar-refractivity contribution in [2.75, 3.05) is 5.32 Å². The molecule has 0 fully saturated rings. The summed E-state index contributed by atoms with van der Waals surface area (Å²) in [5.74, 6) is 1.35. The Morgan fingerprint density at radius 1 is 1.36 bits per heavy atom. The van der Waals surface area contributed by atoms with E-state index in [1.807, 2.05) is 32.0 Å². The van der Waals surface area contributed by atoms with E-state index in [4.69, 9.17) is 9.26 Å². The molecule has 0 radical (unpaired) electrons. The molecule has 1 aliphatic heterocycles. The standard InChI is InChI=1S/C17H16N4O3S/c1-9-5-12-6-11(3-4-14(12)23-9)15-7-13(21-24-15)8-16(22)18-17-20-19-10(2)25-17/h3-4,6-7,9H,5,8H2,1-2H3,(H,18,20,22)/t9-/m0/s1. The van der Waals surface area contributed by atoms with E-state index in [-0.39, 0.29) is 18.4 Å². The quantitative estimate of drug-likeness (QED) is 0.773. The molecule has 2 aromatic heterocycles. The van der Waals surface area contributed by atoms with Crippen LogP contribution in [0.15, 0.2) is 28.8 Å². The van der Waals surface area contributed by atoms with E-state index in [1.165, 1.54) is 11.3 Å². The number of fused-ring (bicyclic) bond motifs is 1. The Balaban J connectivity index is 1.45. The Morgan fingerprint density at radius 2 is 2.24 bits per heavy atom. The van der Waals surface area contributed by atoms with Crippen LogP contribution in [0.1, 0.15) is 23.2 Å². The minimum atomic E-state index is -0.202. The van der Waals surface area contributed by atoms with Crippen LogP contribution in [0.5, 0.6) is 5.75 Å². The van der Waals surface area contributed by atoms with Gasteiger partial charge < -0.3 is 14.6 Å². The number of nitrogens with one attached hydrogen (secondary N) is 1. The van der Waals surface area contributed by atoms with Gasteiger partial charge in [-0.1, -0.05) is 16.5 Å². The molecular weight excluding hydrogens is 340 g/mol. The molecule has 1 atom stereocenters. The van der Waals surface area contributed by atoms with E-state index in [0.29, 0.717) is 16.6 Å². The molecule has 1 amide bonds. The number of nitrogens with zero attached hydrogens (tertiary/aromatic N) is 3. The highest BCUT2D eigenvalue weighted by Crippen LogP contribution is 2.33. The molecule has 0 saturated carbocycles. The van der Waals surface area contributed by atoms with Gasteiger partial charge in [0.05, 0.1) is 12.1 Å². The lowest BCUT2D eigenvalue weighted by Crippen LogP contribution is -2.14. The van der Waals surface area contributed by atoms with Crippen molar-refractivity contribution in [2.45, 2.75) is 32.8 Å². The molecule has 1 N–H and O–H groups in total. The molecule has 1 aromatic carbocycles. The van der Waals surface area contributed by atoms with Crippen LogP contribution in [0.3, 0.4) is 0 Å². The van der Waals surface area contributed by atoms with Gasteiger partial charge in [0.1, 0.15) is 16.9 Å². The topological polar surface area (TPSA) is 90.1 Å². The fourth-order valence-electron chi connectivity index (χ4n) is 2.78. The summed E-state index contributed by atoms with van der Waals surface area (Å²) >= 11 is 1.33. The van der Waals surface area contributed by atoms with Gasteiger partial charge in [-0.2, -0.15) is 0 Å². The Bertz CT molecular complexity index is 934. The number of amides is 1. The summed E-state index contributed by atoms with van der Waals surface area (Å²) in [5, 5.41) is 15.7. The molecule has 0 bridgehead atoms. The summed E-state index contributed by atoms with van der Waals surface area (Å²) < 4.78 is 11.1. The smallest absolute Gasteiger partial charge is 0.232 e. The Kier molecular flexibility index (Phi) is 3.96. The van der Waals surface area contributed by atoms with Crippen LogP contribution < -0.4 is 10.1 Å². The highest BCUT2D eigenvalue weighted by Gasteiger charge is 2.20. The van der Waals surface area contributed by atoms with Crippen molar-refractivity contribution in [1.29, 1.82) is 0 Å². The van der Waals surface area contributed by atoms with Crippen molar-refractivity contribution in [1.82, 2.24) is 15.4 Å². The van der Waals surface area contributed by atoms with Gasteiger partial charge in [-0.3, -0.25) is 4.79 Å². The summed E-state index contributed by atoms with van der Waals surface area (Å²) in [6, 6.07) is 7.71. The molecule has 0 spiro atoms. The van der Waals surface area contributed by atoms with Gasteiger partial charge in [0.25, 0.3) is 0 Å². The molecule has 0 saturated heterocycles. The number of anilines is 1. The average molecular weight is 356 g/mol. The van der Waals surface area contributed by atoms with Crippen molar-refractivity contribution in [2.24, 2.45) is 0 Å². The molecule has 128 valence electrons. The zero-order valence-electron chi connectivity index (χ0n) is 13.8. The van der Waals surface area contributed by atoms with E-state index in [2.05, 4.69) is 20.7 Å². The Hall–Kier alpha value is -2.74. The molecule has 25 heavy (non-hydrogen) atoms. The number of rotatable bonds is 4. The monoisotopic (exact) mass is 356 g/mol. The normalized spacial score (nSPS) is 15.7. The predicted octanol–water partition coefficient (Wildman–Crippen LogP) is 3.01. The molecule has 3 aromatic rings. The van der Waals surface area contributed by atoms with Crippen LogP contribution in [0.25, 0.3) is 11.3 Å². The maximum atomic E-state index is 12.1. The lowest BCUT2D eigenvalue weighted by molar-refractivity contribution is -0.115. The minimum Gasteiger partial charge on any atom is -0.490 e. The first-order valence-electron chi connectivity index (χ1n) is 7.92. The van der Waals surface area contributed by atoms with Crippen LogP contribution >= 0.6 is 11.3 Å². The second kappa shape index (κ2) is 6.29. The SMILES string of the molecule is Cc1nnc(NC(=O)Cc2cc(-c3ccc4c(c3)C[C@H](C)O4)on2)s1. The number of aromatic nitrogens is 3. The Morgan fingerprint density at radius 3 is 3.04 bits per heavy atom. The minimum absolute atomic E-state index is 0.118. The van der Waals surface area contributed by atoms with Gasteiger partial charge in [-0.25, -0.2) is 0 Å². The molecule has 8 heteroatoms. The van der Waals surface area contributed by atoms with Gasteiger partial charge in [0, 0.05) is 18.1 Å². The van der Waals surface area contributed by atoms with Crippen molar-refractivity contribution in [3.05, 3.63) is 40.5 Å². The third-order valence-electron chi connectivity index (χ3n) is 3.85. The number of benzene rings is 1. The number of hydrogen-bond donors (Lipinski definition) is 1. The zero-order valence-corrected chi connectivity index (χ0v) is 14.6. The van der Waals surface area contributed by atoms with E-state index >= 15 is 0 Å². The number of aryl methyl sites for hydroxylation is 1. The summed E-state index contributed by atoms with van der Waals surface area (Å²) in [6.45, 7) is 3.88. The molecule has 0 aliphatic carbocycles. The number of ether oxygens (including phenoxy) is 1. The van der Waals surface area contributed by atoms with Crippen molar-refractivity contribution in [3.8, 4) is 17.1 Å². The highest BCUT2D eigenvalue weighted by atomic mass is 32.1. The van der Waals surface area contributed by atoms with Gasteiger partial charge >= 0.3 is 0 Å². The maximum Gasteiger partial charge on any atom is 0.232 e. The fourth-order valence-corrected chi connectivity index (χ4v) is 3.39. The molecule has 0 unspecified atom stereocenters. The lowest BCUT2D eigenvalue weighted by Gasteiger charge is -2.02. The van der Waals surface area contributed by atoms with E-state index < -0.39 is 0 Å². The van der Waals surface area contributed by atoms with Crippen LogP contribution in [-0.2, 0) is 17.6 Å². The van der Waals surface area contributed by atoms with Crippen LogP contribution in [0, 0.1) is 6.92 Å². The van der Waals surface area contributed by atoms with Crippen LogP contribution in [0.2, 0.25) is 0 Å². The highest BCUT2D eigenvalue weighted by molar-refractivity contribution is 7.15. The van der Waals surface area contributed by atoms with Crippen LogP contribution in [0.4, 0.5) is 5.13 Å². The third kappa shape index (κ3) is 3.39. The van der Waals surface area contributed by atoms with E-state index in [0.717, 1.165) is 28.3 Å². The molecule has 3 heterocycles. The first-order chi connectivity index (χ1) is 12.1. The van der Waals surface area contributed by atoms with Gasteiger partial charge in [-0.05, 0) is 37.6 Å². The zero-order chi connectivity index (χ0) is 17.4. The van der Waals surface area contributed by atoms with Gasteiger partial charge in [0.15, 0.2) is 5.76 Å². The lowest BCUT2D eigenvalue weighted by atomic mass is 10.1. The van der Waals surface area contributed by atoms with Crippen molar-refractivity contribution >= 4 is 22.4 Å². The molecular formula is C17H16N4O3S. The first kappa shape index (κ1) is 15.8. The van der Waals surface area contributed by atoms with Gasteiger partial charge in [-0.15, -0.1) is 10.2 Å². The summed E-state index contributed by atoms with van der Waals surface area (Å²) in [5.41, 5.74) is 2.65. The largest absolute Gasteiger partial charge is 0.490 e. The Labute approximate surface area is 148 Å². The van der Waals surface area contributed by atoms with Crippen LogP contribution in [-0.4, -0.2) is 27.4 Å². The van der Waals surface area contributed by atoms with Gasteiger partial charge in [0.2, 0.25) is 11.0 Å². The predicted molar refractivity (Wildman–Crippen MR) is 92.7 cm³/mol. The molecule has 1 aliphatic rings. The number of carbonyl (C=O) groups is 1. The fraction of sp³-hybridized carbons (Fsp3) is 0.294. The first-order valence-corrected chi connectivity index (χ1v) is 8.74. The molecule has 7 nitrogen and oxygen atoms in total. The maximum absolute atomic E-state index is 12.1. The second-order valence-corrected chi connectivity index (χ2v) is 7.17. The van der Waals surface area contributed by atoms with Crippen molar-refractivity contribution in [3.63, 3.8) is 0 Å². The van der Waals surface area contributed by atoms with E-state index in [9.17, 15) is 4.79 Å². The second-order valence-electron chi connectivity index (χ2n) is 5.99. The number of hydrogen-bond acceptors (Lipinski definition) is 7.